The SMILES string of the molecule is Cc1cc(F)ccc1[C@H]1CN(C2CSC2)CC[C@@H]1N(C)C(=O)C(C)(C)c1cc(C(F)(F)F)cc(C(F)(F)F)c1. The summed E-state index contributed by atoms with van der Waals surface area (Å²) in [5, 5.41) is 0. The third-order valence-electron chi connectivity index (χ3n) is 8.04. The van der Waals surface area contributed by atoms with E-state index in [2.05, 4.69) is 4.90 Å². The van der Waals surface area contributed by atoms with Crippen molar-refractivity contribution in [1.82, 2.24) is 9.80 Å². The van der Waals surface area contributed by atoms with Gasteiger partial charge < -0.3 is 4.90 Å². The number of rotatable bonds is 5. The largest absolute Gasteiger partial charge is 0.416 e. The molecule has 4 rings (SSSR count). The Kier molecular flexibility index (Phi) is 8.08. The van der Waals surface area contributed by atoms with Crippen LogP contribution in [0.3, 0.4) is 0 Å². The first-order chi connectivity index (χ1) is 18.0. The molecule has 0 N–H and O–H groups in total. The first-order valence-corrected chi connectivity index (χ1v) is 13.8. The molecule has 0 spiro atoms. The van der Waals surface area contributed by atoms with Crippen LogP contribution in [0.25, 0.3) is 0 Å². The van der Waals surface area contributed by atoms with Crippen molar-refractivity contribution in [1.29, 1.82) is 0 Å². The Morgan fingerprint density at radius 3 is 2.00 bits per heavy atom. The number of hydrogen-bond donors (Lipinski definition) is 0. The lowest BCUT2D eigenvalue weighted by Gasteiger charge is -2.48. The number of benzene rings is 2. The molecule has 2 aliphatic heterocycles. The summed E-state index contributed by atoms with van der Waals surface area (Å²) in [5.41, 5.74) is -3.36. The number of hydrogen-bond acceptors (Lipinski definition) is 3. The number of nitrogens with zero attached hydrogens (tertiary/aromatic N) is 2. The third kappa shape index (κ3) is 6.09. The van der Waals surface area contributed by atoms with Gasteiger partial charge in [0.25, 0.3) is 0 Å². The van der Waals surface area contributed by atoms with Crippen LogP contribution in [0.1, 0.15) is 54.0 Å². The van der Waals surface area contributed by atoms with E-state index >= 15 is 0 Å². The monoisotopic (exact) mass is 576 g/mol. The van der Waals surface area contributed by atoms with Gasteiger partial charge in [0, 0.05) is 49.6 Å². The van der Waals surface area contributed by atoms with Gasteiger partial charge in [0.1, 0.15) is 5.82 Å². The molecule has 0 aliphatic carbocycles. The summed E-state index contributed by atoms with van der Waals surface area (Å²) in [4.78, 5) is 17.7. The lowest BCUT2D eigenvalue weighted by Crippen LogP contribution is -2.57. The molecule has 0 saturated carbocycles. The zero-order valence-corrected chi connectivity index (χ0v) is 22.9. The van der Waals surface area contributed by atoms with E-state index < -0.39 is 34.8 Å². The number of aryl methyl sites for hydroxylation is 1. The maximum absolute atomic E-state index is 13.9. The summed E-state index contributed by atoms with van der Waals surface area (Å²) in [5.74, 6) is 0.822. The zero-order valence-electron chi connectivity index (χ0n) is 22.1. The van der Waals surface area contributed by atoms with Crippen molar-refractivity contribution in [3.8, 4) is 0 Å². The highest BCUT2D eigenvalue weighted by Crippen LogP contribution is 2.41. The number of carbonyl (C=O) groups is 1. The van der Waals surface area contributed by atoms with Gasteiger partial charge in [0.2, 0.25) is 5.91 Å². The maximum Gasteiger partial charge on any atom is 0.416 e. The Balaban J connectivity index is 1.70. The minimum atomic E-state index is -5.01. The number of amides is 1. The number of likely N-dealkylation sites (N-methyl/N-ethyl adjacent to an activating group) is 1. The topological polar surface area (TPSA) is 23.6 Å². The Hall–Kier alpha value is -2.27. The minimum absolute atomic E-state index is 0.0651. The number of halogens is 7. The van der Waals surface area contributed by atoms with E-state index in [1.165, 1.54) is 30.9 Å². The molecule has 3 nitrogen and oxygen atoms in total. The molecule has 2 atom stereocenters. The van der Waals surface area contributed by atoms with Gasteiger partial charge in [-0.2, -0.15) is 38.1 Å². The van der Waals surface area contributed by atoms with Crippen molar-refractivity contribution in [3.05, 3.63) is 70.0 Å². The molecule has 39 heavy (non-hydrogen) atoms. The molecule has 2 saturated heterocycles. The maximum atomic E-state index is 13.9. The Bertz CT molecular complexity index is 1190. The van der Waals surface area contributed by atoms with Crippen molar-refractivity contribution in [3.63, 3.8) is 0 Å². The van der Waals surface area contributed by atoms with E-state index in [1.807, 2.05) is 11.8 Å². The van der Waals surface area contributed by atoms with Gasteiger partial charge in [-0.1, -0.05) is 6.07 Å². The van der Waals surface area contributed by atoms with Gasteiger partial charge >= 0.3 is 12.4 Å². The lowest BCUT2D eigenvalue weighted by atomic mass is 9.78. The van der Waals surface area contributed by atoms with Crippen molar-refractivity contribution in [2.75, 3.05) is 31.6 Å². The molecule has 2 aliphatic rings. The molecular weight excluding hydrogens is 545 g/mol. The van der Waals surface area contributed by atoms with E-state index in [1.54, 1.807) is 20.0 Å². The number of carbonyl (C=O) groups excluding carboxylic acids is 1. The Morgan fingerprint density at radius 2 is 1.51 bits per heavy atom. The van der Waals surface area contributed by atoms with Crippen molar-refractivity contribution in [2.45, 2.75) is 63.0 Å². The van der Waals surface area contributed by atoms with Crippen LogP contribution in [0.15, 0.2) is 36.4 Å². The second kappa shape index (κ2) is 10.6. The second-order valence-electron chi connectivity index (χ2n) is 11.0. The number of alkyl halides is 6. The second-order valence-corrected chi connectivity index (χ2v) is 12.1. The fourth-order valence-electron chi connectivity index (χ4n) is 5.59. The molecule has 2 aromatic carbocycles. The van der Waals surface area contributed by atoms with Crippen LogP contribution in [0.2, 0.25) is 0 Å². The van der Waals surface area contributed by atoms with E-state index in [0.717, 1.165) is 22.6 Å². The number of likely N-dealkylation sites (tertiary alicyclic amines) is 1. The van der Waals surface area contributed by atoms with Crippen LogP contribution in [-0.2, 0) is 22.6 Å². The lowest BCUT2D eigenvalue weighted by molar-refractivity contribution is -0.144. The van der Waals surface area contributed by atoms with E-state index in [9.17, 15) is 35.5 Å². The average molecular weight is 577 g/mol. The zero-order chi connectivity index (χ0) is 28.9. The quantitative estimate of drug-likeness (QED) is 0.363. The van der Waals surface area contributed by atoms with Gasteiger partial charge in [0.05, 0.1) is 16.5 Å². The van der Waals surface area contributed by atoms with Crippen LogP contribution in [-0.4, -0.2) is 59.4 Å². The summed E-state index contributed by atoms with van der Waals surface area (Å²) in [7, 11) is 1.55. The smallest absolute Gasteiger partial charge is 0.341 e. The van der Waals surface area contributed by atoms with Crippen molar-refractivity contribution >= 4 is 17.7 Å². The fourth-order valence-corrected chi connectivity index (χ4v) is 6.45. The summed E-state index contributed by atoms with van der Waals surface area (Å²) in [6.07, 6.45) is -9.46. The normalized spacial score (nSPS) is 21.5. The van der Waals surface area contributed by atoms with E-state index in [0.29, 0.717) is 37.7 Å². The van der Waals surface area contributed by atoms with Crippen LogP contribution < -0.4 is 0 Å². The van der Waals surface area contributed by atoms with Crippen LogP contribution in [0.5, 0.6) is 0 Å². The van der Waals surface area contributed by atoms with E-state index in [4.69, 9.17) is 0 Å². The summed E-state index contributed by atoms with van der Waals surface area (Å²) in [6.45, 7) is 5.80. The van der Waals surface area contributed by atoms with Crippen molar-refractivity contribution < 1.29 is 35.5 Å². The van der Waals surface area contributed by atoms with Gasteiger partial charge in [-0.15, -0.1) is 0 Å². The molecule has 11 heteroatoms. The highest BCUT2D eigenvalue weighted by molar-refractivity contribution is 8.00. The predicted molar refractivity (Wildman–Crippen MR) is 137 cm³/mol. The van der Waals surface area contributed by atoms with Gasteiger partial charge in [-0.05, 0) is 74.2 Å². The van der Waals surface area contributed by atoms with Crippen LogP contribution >= 0.6 is 11.8 Å². The standard InChI is InChI=1S/C28H31F7N2OS/c1-16-9-20(29)5-6-22(16)23-13-37(21-14-39-15-21)8-7-24(23)36(4)25(38)26(2,3)17-10-18(27(30,31)32)12-19(11-17)28(33,34)35/h5-6,9-12,21,23-24H,7-8,13-15H2,1-4H3/t23-,24+/m1/s1. The molecule has 2 fully saturated rings. The van der Waals surface area contributed by atoms with Gasteiger partial charge in [-0.3, -0.25) is 9.69 Å². The molecule has 0 aromatic heterocycles. The van der Waals surface area contributed by atoms with Crippen LogP contribution in [0.4, 0.5) is 30.7 Å². The highest BCUT2D eigenvalue weighted by Gasteiger charge is 2.44. The molecule has 2 heterocycles. The Morgan fingerprint density at radius 1 is 0.949 bits per heavy atom. The molecule has 0 unspecified atom stereocenters. The minimum Gasteiger partial charge on any atom is -0.341 e. The third-order valence-corrected chi connectivity index (χ3v) is 9.28. The van der Waals surface area contributed by atoms with Crippen molar-refractivity contribution in [2.24, 2.45) is 0 Å². The summed E-state index contributed by atoms with van der Waals surface area (Å²) >= 11 is 1.84. The molecule has 2 aromatic rings. The van der Waals surface area contributed by atoms with E-state index in [-0.39, 0.29) is 29.4 Å². The average Bonchev–Trinajstić information content (AvgIpc) is 2.80. The molecule has 0 bridgehead atoms. The number of thioether (sulfide) groups is 1. The molecule has 0 radical (unpaired) electrons. The molecule has 214 valence electrons. The number of piperidine rings is 1. The molecular formula is C28H31F7N2OS. The van der Waals surface area contributed by atoms with Crippen LogP contribution in [0, 0.1) is 12.7 Å². The molecule has 1 amide bonds. The summed E-state index contributed by atoms with van der Waals surface area (Å²) < 4.78 is 95.0. The first-order valence-electron chi connectivity index (χ1n) is 12.6. The first kappa shape index (κ1) is 29.7. The summed E-state index contributed by atoms with van der Waals surface area (Å²) in [6, 6.07) is 5.84. The highest BCUT2D eigenvalue weighted by atomic mass is 32.2. The predicted octanol–water partition coefficient (Wildman–Crippen LogP) is 6.88. The van der Waals surface area contributed by atoms with Gasteiger partial charge in [-0.25, -0.2) is 4.39 Å². The fraction of sp³-hybridized carbons (Fsp3) is 0.536. The Labute approximate surface area is 227 Å². The van der Waals surface area contributed by atoms with Gasteiger partial charge in [0.15, 0.2) is 0 Å².